The van der Waals surface area contributed by atoms with Crippen LogP contribution in [0, 0.1) is 0 Å². The van der Waals surface area contributed by atoms with Crippen LogP contribution in [0.2, 0.25) is 0 Å². The first-order valence-corrected chi connectivity index (χ1v) is 9.11. The molecule has 0 bridgehead atoms. The zero-order valence-corrected chi connectivity index (χ0v) is 16.5. The van der Waals surface area contributed by atoms with Crippen LogP contribution in [0.3, 0.4) is 0 Å². The fraction of sp³-hybridized carbons (Fsp3) is 0.333. The van der Waals surface area contributed by atoms with Crippen LogP contribution in [0.4, 0.5) is 11.4 Å². The summed E-state index contributed by atoms with van der Waals surface area (Å²) in [6.07, 6.45) is 0. The first kappa shape index (κ1) is 18.2. The Labute approximate surface area is 163 Å². The number of carbonyl (C=O) groups excluding carboxylic acids is 2. The third kappa shape index (κ3) is 2.28. The molecular weight excluding hydrogens is 358 g/mol. The number of methoxy groups -OCH3 is 2. The van der Waals surface area contributed by atoms with Crippen molar-refractivity contribution >= 4 is 23.2 Å². The van der Waals surface area contributed by atoms with Crippen LogP contribution < -0.4 is 20.1 Å². The summed E-state index contributed by atoms with van der Waals surface area (Å²) in [7, 11) is 4.68. The Morgan fingerprint density at radius 1 is 1.00 bits per heavy atom. The summed E-state index contributed by atoms with van der Waals surface area (Å²) in [6.45, 7) is 4.18. The van der Waals surface area contributed by atoms with Gasteiger partial charge in [0.15, 0.2) is 11.5 Å². The molecule has 0 fully saturated rings. The molecule has 2 aromatic rings. The summed E-state index contributed by atoms with van der Waals surface area (Å²) in [5.41, 5.74) is 2.16. The number of fused-ring (bicyclic) bond motifs is 3. The van der Waals surface area contributed by atoms with Crippen molar-refractivity contribution in [3.8, 4) is 11.5 Å². The summed E-state index contributed by atoms with van der Waals surface area (Å²) < 4.78 is 10.7. The molecule has 1 atom stereocenters. The zero-order valence-electron chi connectivity index (χ0n) is 16.5. The summed E-state index contributed by atoms with van der Waals surface area (Å²) >= 11 is 0. The molecule has 7 nitrogen and oxygen atoms in total. The number of amides is 2. The lowest BCUT2D eigenvalue weighted by Crippen LogP contribution is -2.59. The van der Waals surface area contributed by atoms with Crippen molar-refractivity contribution in [3.63, 3.8) is 0 Å². The van der Waals surface area contributed by atoms with Crippen molar-refractivity contribution in [2.24, 2.45) is 0 Å². The van der Waals surface area contributed by atoms with E-state index < -0.39 is 5.66 Å². The molecule has 2 aliphatic heterocycles. The van der Waals surface area contributed by atoms with Crippen LogP contribution in [0.25, 0.3) is 0 Å². The Morgan fingerprint density at radius 3 is 2.32 bits per heavy atom. The minimum absolute atomic E-state index is 0.271. The first-order valence-electron chi connectivity index (χ1n) is 9.11. The van der Waals surface area contributed by atoms with Gasteiger partial charge < -0.3 is 25.0 Å². The molecule has 0 aliphatic carbocycles. The Balaban J connectivity index is 1.92. The van der Waals surface area contributed by atoms with Gasteiger partial charge in [-0.2, -0.15) is 0 Å². The molecule has 0 aromatic heterocycles. The molecule has 2 N–H and O–H groups in total. The molecule has 2 aliphatic rings. The molecule has 1 spiro atoms. The van der Waals surface area contributed by atoms with Gasteiger partial charge in [-0.15, -0.1) is 0 Å². The van der Waals surface area contributed by atoms with Gasteiger partial charge in [0.25, 0.3) is 11.8 Å². The van der Waals surface area contributed by atoms with E-state index in [2.05, 4.69) is 24.5 Å². The maximum absolute atomic E-state index is 13.2. The summed E-state index contributed by atoms with van der Waals surface area (Å²) in [5.74, 6) is 0.668. The van der Waals surface area contributed by atoms with E-state index in [9.17, 15) is 9.59 Å². The molecular formula is C21H23N3O4. The van der Waals surface area contributed by atoms with Gasteiger partial charge in [0.05, 0.1) is 25.5 Å². The molecule has 0 saturated carbocycles. The smallest absolute Gasteiger partial charge is 0.276 e. The van der Waals surface area contributed by atoms with Gasteiger partial charge in [0.2, 0.25) is 5.66 Å². The maximum Gasteiger partial charge on any atom is 0.276 e. The van der Waals surface area contributed by atoms with Gasteiger partial charge in [-0.05, 0) is 29.7 Å². The van der Waals surface area contributed by atoms with Crippen LogP contribution in [0.5, 0.6) is 11.5 Å². The van der Waals surface area contributed by atoms with E-state index in [1.54, 1.807) is 19.2 Å². The van der Waals surface area contributed by atoms with Crippen molar-refractivity contribution in [1.29, 1.82) is 0 Å². The number of ether oxygens (including phenoxy) is 2. The monoisotopic (exact) mass is 381 g/mol. The Hall–Kier alpha value is -3.22. The van der Waals surface area contributed by atoms with Crippen LogP contribution in [-0.2, 0) is 10.5 Å². The number of hydrogen-bond donors (Lipinski definition) is 2. The predicted molar refractivity (Wildman–Crippen MR) is 106 cm³/mol. The summed E-state index contributed by atoms with van der Waals surface area (Å²) in [4.78, 5) is 27.8. The number of nitrogens with one attached hydrogen (secondary N) is 2. The highest BCUT2D eigenvalue weighted by Crippen LogP contribution is 2.47. The molecule has 28 heavy (non-hydrogen) atoms. The minimum atomic E-state index is -1.32. The van der Waals surface area contributed by atoms with Crippen LogP contribution in [0.1, 0.15) is 41.3 Å². The van der Waals surface area contributed by atoms with Crippen molar-refractivity contribution in [1.82, 2.24) is 4.90 Å². The highest BCUT2D eigenvalue weighted by molar-refractivity contribution is 6.14. The van der Waals surface area contributed by atoms with E-state index in [1.165, 1.54) is 19.1 Å². The lowest BCUT2D eigenvalue weighted by molar-refractivity contribution is -0.124. The normalized spacial score (nSPS) is 20.0. The summed E-state index contributed by atoms with van der Waals surface area (Å²) in [6, 6.07) is 9.20. The van der Waals surface area contributed by atoms with Gasteiger partial charge in [-0.3, -0.25) is 9.59 Å². The second kappa shape index (κ2) is 6.15. The number of carbonyl (C=O) groups is 2. The minimum Gasteiger partial charge on any atom is -0.493 e. The largest absolute Gasteiger partial charge is 0.493 e. The molecule has 0 radical (unpaired) electrons. The molecule has 146 valence electrons. The third-order valence-electron chi connectivity index (χ3n) is 5.55. The number of benzene rings is 2. The van der Waals surface area contributed by atoms with E-state index in [0.29, 0.717) is 34.4 Å². The number of rotatable bonds is 3. The van der Waals surface area contributed by atoms with Crippen LogP contribution in [-0.4, -0.2) is 38.0 Å². The Bertz CT molecular complexity index is 1000. The van der Waals surface area contributed by atoms with E-state index in [0.717, 1.165) is 11.1 Å². The molecule has 2 amide bonds. The number of anilines is 2. The van der Waals surface area contributed by atoms with Crippen molar-refractivity contribution < 1.29 is 19.1 Å². The Kier molecular flexibility index (Phi) is 3.99. The fourth-order valence-electron chi connectivity index (χ4n) is 3.89. The predicted octanol–water partition coefficient (Wildman–Crippen LogP) is 3.13. The van der Waals surface area contributed by atoms with Gasteiger partial charge in [-0.25, -0.2) is 0 Å². The van der Waals surface area contributed by atoms with E-state index >= 15 is 0 Å². The summed E-state index contributed by atoms with van der Waals surface area (Å²) in [5, 5.41) is 6.21. The fourth-order valence-corrected chi connectivity index (χ4v) is 3.89. The molecule has 7 heteroatoms. The van der Waals surface area contributed by atoms with Crippen LogP contribution in [0.15, 0.2) is 30.3 Å². The second-order valence-electron chi connectivity index (χ2n) is 7.37. The molecule has 2 heterocycles. The lowest BCUT2D eigenvalue weighted by Gasteiger charge is -2.42. The van der Waals surface area contributed by atoms with Crippen LogP contribution >= 0.6 is 0 Å². The molecule has 2 aromatic carbocycles. The van der Waals surface area contributed by atoms with Gasteiger partial charge >= 0.3 is 0 Å². The number of hydrogen-bond acceptors (Lipinski definition) is 5. The standard InChI is InChI=1S/C21H23N3O4/c1-11(2)12-6-7-15-14(8-12)21(20(26)22-15)23-16-10-18(28-5)17(27-4)9-13(16)19(25)24(21)3/h6-11,23H,1-5H3,(H,22,26)/t21-/m0/s1. The average Bonchev–Trinajstić information content (AvgIpc) is 2.96. The first-order chi connectivity index (χ1) is 13.3. The van der Waals surface area contributed by atoms with Crippen molar-refractivity contribution in [2.45, 2.75) is 25.4 Å². The van der Waals surface area contributed by atoms with Gasteiger partial charge in [0.1, 0.15) is 0 Å². The lowest BCUT2D eigenvalue weighted by atomic mass is 9.90. The van der Waals surface area contributed by atoms with Gasteiger partial charge in [-0.1, -0.05) is 19.9 Å². The SMILES string of the molecule is COc1cc2c(cc1OC)C(=O)N(C)[C@]1(N2)C(=O)Nc2ccc(C(C)C)cc21. The topological polar surface area (TPSA) is 79.9 Å². The molecule has 4 rings (SSSR count). The van der Waals surface area contributed by atoms with Crippen molar-refractivity contribution in [2.75, 3.05) is 31.9 Å². The van der Waals surface area contributed by atoms with E-state index in [1.807, 2.05) is 18.2 Å². The highest BCUT2D eigenvalue weighted by atomic mass is 16.5. The zero-order chi connectivity index (χ0) is 20.2. The Morgan fingerprint density at radius 2 is 1.68 bits per heavy atom. The second-order valence-corrected chi connectivity index (χ2v) is 7.37. The number of nitrogens with zero attached hydrogens (tertiary/aromatic N) is 1. The third-order valence-corrected chi connectivity index (χ3v) is 5.55. The van der Waals surface area contributed by atoms with Crippen molar-refractivity contribution in [3.05, 3.63) is 47.0 Å². The molecule has 0 saturated heterocycles. The average molecular weight is 381 g/mol. The van der Waals surface area contributed by atoms with E-state index in [-0.39, 0.29) is 11.8 Å². The van der Waals surface area contributed by atoms with Gasteiger partial charge in [0, 0.05) is 24.4 Å². The molecule has 0 unspecified atom stereocenters. The quantitative estimate of drug-likeness (QED) is 0.854. The van der Waals surface area contributed by atoms with E-state index in [4.69, 9.17) is 9.47 Å². The number of likely N-dealkylation sites (N-methyl/N-ethyl adjacent to an activating group) is 1. The highest BCUT2D eigenvalue weighted by Gasteiger charge is 2.55. The maximum atomic E-state index is 13.2.